The van der Waals surface area contributed by atoms with Gasteiger partial charge in [-0.2, -0.15) is 0 Å². The van der Waals surface area contributed by atoms with Crippen molar-refractivity contribution in [3.63, 3.8) is 0 Å². The van der Waals surface area contributed by atoms with Gasteiger partial charge in [0.05, 0.1) is 42.5 Å². The zero-order valence-electron chi connectivity index (χ0n) is 11.8. The van der Waals surface area contributed by atoms with Gasteiger partial charge in [0, 0.05) is 11.1 Å². The van der Waals surface area contributed by atoms with Crippen LogP contribution in [-0.4, -0.2) is 24.9 Å². The maximum Gasteiger partial charge on any atom is 0.145 e. The molecule has 0 atom stereocenters. The number of thiazole rings is 4. The van der Waals surface area contributed by atoms with E-state index in [1.165, 1.54) is 0 Å². The van der Waals surface area contributed by atoms with Crippen LogP contribution in [0.5, 0.6) is 0 Å². The summed E-state index contributed by atoms with van der Waals surface area (Å²) in [5.74, 6) is 0. The average Bonchev–Trinajstić information content (AvgIpc) is 3.34. The highest BCUT2D eigenvalue weighted by Crippen LogP contribution is 2.44. The van der Waals surface area contributed by atoms with E-state index < -0.39 is 0 Å². The lowest BCUT2D eigenvalue weighted by Gasteiger charge is -2.07. The van der Waals surface area contributed by atoms with Gasteiger partial charge in [0.25, 0.3) is 0 Å². The molecule has 0 bridgehead atoms. The Hall–Kier alpha value is -2.07. The first-order valence-corrected chi connectivity index (χ1v) is 10.5. The summed E-state index contributed by atoms with van der Waals surface area (Å²) in [4.78, 5) is 24.9. The molecule has 0 fully saturated rings. The predicted octanol–water partition coefficient (Wildman–Crippen LogP) is 5.19. The molecular formula is C15H5N5S4. The number of fused-ring (bicyclic) bond motifs is 4. The molecule has 0 spiro atoms. The van der Waals surface area contributed by atoms with E-state index in [4.69, 9.17) is 4.98 Å². The molecule has 5 heterocycles. The van der Waals surface area contributed by atoms with Crippen LogP contribution in [0.4, 0.5) is 0 Å². The van der Waals surface area contributed by atoms with Crippen molar-refractivity contribution in [1.82, 2.24) is 24.9 Å². The first kappa shape index (κ1) is 13.2. The fourth-order valence-electron chi connectivity index (χ4n) is 2.98. The standard InChI is InChI=1S/C15H5N5S4/c1-6-13(22-2-16-6)9(10-7(1)21-3-17-10)8-11-14(23-4-18-11)20-15-12(8)19-5-24-15/h1-5H. The molecule has 0 aliphatic heterocycles. The van der Waals surface area contributed by atoms with E-state index in [1.807, 2.05) is 22.0 Å². The summed E-state index contributed by atoms with van der Waals surface area (Å²) < 4.78 is 2.26. The van der Waals surface area contributed by atoms with Gasteiger partial charge in [-0.25, -0.2) is 24.9 Å². The van der Waals surface area contributed by atoms with Crippen molar-refractivity contribution in [3.8, 4) is 11.1 Å². The minimum absolute atomic E-state index is 0.897. The van der Waals surface area contributed by atoms with Gasteiger partial charge in [-0.05, 0) is 6.07 Å². The van der Waals surface area contributed by atoms with Gasteiger partial charge in [-0.3, -0.25) is 0 Å². The van der Waals surface area contributed by atoms with Crippen LogP contribution in [0, 0.1) is 0 Å². The highest BCUT2D eigenvalue weighted by molar-refractivity contribution is 7.19. The van der Waals surface area contributed by atoms with Crippen LogP contribution in [0.1, 0.15) is 0 Å². The summed E-state index contributed by atoms with van der Waals surface area (Å²) in [6, 6.07) is 2.11. The fourth-order valence-corrected chi connectivity index (χ4v) is 5.91. The van der Waals surface area contributed by atoms with Crippen LogP contribution >= 0.6 is 45.3 Å². The summed E-state index contributed by atoms with van der Waals surface area (Å²) in [7, 11) is 0. The Morgan fingerprint density at radius 1 is 0.625 bits per heavy atom. The van der Waals surface area contributed by atoms with E-state index in [9.17, 15) is 0 Å². The van der Waals surface area contributed by atoms with Crippen molar-refractivity contribution in [2.45, 2.75) is 0 Å². The molecular weight excluding hydrogens is 378 g/mol. The smallest absolute Gasteiger partial charge is 0.145 e. The predicted molar refractivity (Wildman–Crippen MR) is 102 cm³/mol. The van der Waals surface area contributed by atoms with Crippen molar-refractivity contribution in [1.29, 1.82) is 0 Å². The molecule has 0 aliphatic carbocycles. The summed E-state index contributed by atoms with van der Waals surface area (Å²) in [6.07, 6.45) is 0. The van der Waals surface area contributed by atoms with E-state index in [2.05, 4.69) is 26.0 Å². The van der Waals surface area contributed by atoms with Crippen LogP contribution in [0.2, 0.25) is 0 Å². The van der Waals surface area contributed by atoms with E-state index in [-0.39, 0.29) is 0 Å². The lowest BCUT2D eigenvalue weighted by atomic mass is 10.0. The van der Waals surface area contributed by atoms with Crippen LogP contribution in [-0.2, 0) is 0 Å². The Morgan fingerprint density at radius 2 is 1.29 bits per heavy atom. The number of hydrogen-bond donors (Lipinski definition) is 0. The van der Waals surface area contributed by atoms with Crippen LogP contribution in [0.25, 0.3) is 52.3 Å². The van der Waals surface area contributed by atoms with Crippen LogP contribution in [0.3, 0.4) is 0 Å². The first-order chi connectivity index (χ1) is 11.9. The number of pyridine rings is 1. The Morgan fingerprint density at radius 3 is 2.08 bits per heavy atom. The topological polar surface area (TPSA) is 64.5 Å². The van der Waals surface area contributed by atoms with Gasteiger partial charge in [-0.1, -0.05) is 0 Å². The molecule has 114 valence electrons. The molecule has 0 unspecified atom stereocenters. The van der Waals surface area contributed by atoms with Crippen LogP contribution < -0.4 is 0 Å². The van der Waals surface area contributed by atoms with E-state index in [0.717, 1.165) is 52.3 Å². The third kappa shape index (κ3) is 1.64. The number of rotatable bonds is 1. The first-order valence-electron chi connectivity index (χ1n) is 6.96. The van der Waals surface area contributed by atoms with Gasteiger partial charge < -0.3 is 0 Å². The minimum Gasteiger partial charge on any atom is -0.245 e. The lowest BCUT2D eigenvalue weighted by Crippen LogP contribution is -1.88. The molecule has 0 saturated carbocycles. The molecule has 0 amide bonds. The number of benzene rings is 1. The van der Waals surface area contributed by atoms with Crippen molar-refractivity contribution in [2.75, 3.05) is 0 Å². The summed E-state index contributed by atoms with van der Waals surface area (Å²) in [6.45, 7) is 0. The van der Waals surface area contributed by atoms with Crippen molar-refractivity contribution < 1.29 is 0 Å². The summed E-state index contributed by atoms with van der Waals surface area (Å²) in [5, 5.41) is 0. The summed E-state index contributed by atoms with van der Waals surface area (Å²) in [5.41, 5.74) is 13.4. The molecule has 1 aromatic carbocycles. The second-order valence-corrected chi connectivity index (χ2v) is 8.56. The monoisotopic (exact) mass is 383 g/mol. The van der Waals surface area contributed by atoms with Crippen molar-refractivity contribution in [2.24, 2.45) is 0 Å². The number of aromatic nitrogens is 5. The quantitative estimate of drug-likeness (QED) is 0.391. The molecule has 9 heteroatoms. The normalized spacial score (nSPS) is 12.2. The molecule has 0 N–H and O–H groups in total. The second-order valence-electron chi connectivity index (χ2n) is 5.15. The average molecular weight is 384 g/mol. The van der Waals surface area contributed by atoms with Gasteiger partial charge >= 0.3 is 0 Å². The molecule has 6 rings (SSSR count). The third-order valence-electron chi connectivity index (χ3n) is 3.95. The summed E-state index contributed by atoms with van der Waals surface area (Å²) >= 11 is 6.38. The largest absolute Gasteiger partial charge is 0.245 e. The number of hydrogen-bond acceptors (Lipinski definition) is 9. The lowest BCUT2D eigenvalue weighted by molar-refractivity contribution is 1.44. The highest BCUT2D eigenvalue weighted by Gasteiger charge is 2.22. The Kier molecular flexibility index (Phi) is 2.61. The Bertz CT molecular complexity index is 1170. The molecule has 24 heavy (non-hydrogen) atoms. The zero-order valence-corrected chi connectivity index (χ0v) is 15.0. The molecule has 0 saturated heterocycles. The van der Waals surface area contributed by atoms with E-state index in [1.54, 1.807) is 45.3 Å². The molecule has 5 nitrogen and oxygen atoms in total. The Balaban J connectivity index is 1.95. The molecule has 6 aromatic rings. The molecule has 0 aliphatic rings. The van der Waals surface area contributed by atoms with Crippen LogP contribution in [0.15, 0.2) is 28.1 Å². The van der Waals surface area contributed by atoms with Crippen molar-refractivity contribution in [3.05, 3.63) is 28.1 Å². The fraction of sp³-hybridized carbons (Fsp3) is 0. The molecule has 0 radical (unpaired) electrons. The minimum atomic E-state index is 0.897. The Labute approximate surface area is 150 Å². The van der Waals surface area contributed by atoms with Gasteiger partial charge in [0.2, 0.25) is 0 Å². The maximum absolute atomic E-state index is 4.70. The van der Waals surface area contributed by atoms with E-state index in [0.29, 0.717) is 0 Å². The SMILES string of the molecule is c1nc2c(-c3c4ncsc4nc4scnc34)c3scnc3cc2s1. The van der Waals surface area contributed by atoms with Crippen molar-refractivity contribution >= 4 is 86.5 Å². The second kappa shape index (κ2) is 4.73. The molecule has 5 aromatic heterocycles. The van der Waals surface area contributed by atoms with Gasteiger partial charge in [-0.15, -0.1) is 45.3 Å². The van der Waals surface area contributed by atoms with Gasteiger partial charge in [0.15, 0.2) is 0 Å². The van der Waals surface area contributed by atoms with Gasteiger partial charge in [0.1, 0.15) is 20.7 Å². The zero-order chi connectivity index (χ0) is 15.7. The highest BCUT2D eigenvalue weighted by atomic mass is 32.1. The third-order valence-corrected chi connectivity index (χ3v) is 7.02. The number of nitrogens with zero attached hydrogens (tertiary/aromatic N) is 5. The van der Waals surface area contributed by atoms with E-state index >= 15 is 0 Å². The maximum atomic E-state index is 4.70.